The van der Waals surface area contributed by atoms with Gasteiger partial charge in [-0.2, -0.15) is 5.26 Å². The van der Waals surface area contributed by atoms with E-state index in [1.54, 1.807) is 18.0 Å². The van der Waals surface area contributed by atoms with Gasteiger partial charge in [-0.15, -0.1) is 0 Å². The lowest BCUT2D eigenvalue weighted by molar-refractivity contribution is -0.112. The molecule has 0 unspecified atom stereocenters. The number of carbonyl (C=O) groups is 1. The van der Waals surface area contributed by atoms with Crippen molar-refractivity contribution in [2.75, 3.05) is 36.4 Å². The lowest BCUT2D eigenvalue weighted by Crippen LogP contribution is -2.44. The van der Waals surface area contributed by atoms with Gasteiger partial charge in [0.2, 0.25) is 0 Å². The molecule has 0 aliphatic carbocycles. The smallest absolute Gasteiger partial charge is 0.267 e. The molecule has 4 rings (SSSR count). The molecule has 3 aromatic rings. The van der Waals surface area contributed by atoms with Crippen LogP contribution in [0.2, 0.25) is 5.02 Å². The molecule has 7 heteroatoms. The highest BCUT2D eigenvalue weighted by Crippen LogP contribution is 2.33. The topological polar surface area (TPSA) is 59.4 Å². The second-order valence-electron chi connectivity index (χ2n) is 7.52. The number of amides is 1. The molecule has 1 amide bonds. The molecule has 0 atom stereocenters. The number of rotatable bonds is 6. The summed E-state index contributed by atoms with van der Waals surface area (Å²) in [4.78, 5) is 19.1. The van der Waals surface area contributed by atoms with E-state index in [0.29, 0.717) is 23.8 Å². The number of benzene rings is 3. The Labute approximate surface area is 203 Å². The van der Waals surface area contributed by atoms with Crippen LogP contribution in [-0.4, -0.2) is 37.0 Å². The quantitative estimate of drug-likeness (QED) is 0.369. The molecule has 1 fully saturated rings. The van der Waals surface area contributed by atoms with Gasteiger partial charge in [-0.1, -0.05) is 59.8 Å². The summed E-state index contributed by atoms with van der Waals surface area (Å²) in [6, 6.07) is 27.4. The van der Waals surface area contributed by atoms with Crippen LogP contribution in [0.15, 0.2) is 100 Å². The zero-order valence-corrected chi connectivity index (χ0v) is 19.5. The fourth-order valence-corrected chi connectivity index (χ4v) is 4.67. The molecule has 5 nitrogen and oxygen atoms in total. The molecule has 166 valence electrons. The van der Waals surface area contributed by atoms with Gasteiger partial charge in [-0.25, -0.2) is 0 Å². The Bertz CT molecular complexity index is 1180. The van der Waals surface area contributed by atoms with E-state index in [1.165, 1.54) is 0 Å². The van der Waals surface area contributed by atoms with Gasteiger partial charge in [0.1, 0.15) is 11.6 Å². The fraction of sp³-hybridized carbons (Fsp3) is 0.154. The first-order chi connectivity index (χ1) is 16.1. The van der Waals surface area contributed by atoms with Gasteiger partial charge in [0.25, 0.3) is 5.91 Å². The molecule has 3 aromatic carbocycles. The Hall–Kier alpha value is -3.40. The van der Waals surface area contributed by atoms with E-state index in [1.807, 2.05) is 83.8 Å². The van der Waals surface area contributed by atoms with E-state index in [4.69, 9.17) is 11.6 Å². The predicted molar refractivity (Wildman–Crippen MR) is 135 cm³/mol. The van der Waals surface area contributed by atoms with Crippen molar-refractivity contribution in [2.45, 2.75) is 9.79 Å². The van der Waals surface area contributed by atoms with Crippen LogP contribution in [0.5, 0.6) is 0 Å². The summed E-state index contributed by atoms with van der Waals surface area (Å²) in [5.74, 6) is -0.407. The molecular formula is C26H23ClN4OS. The Morgan fingerprint density at radius 1 is 0.970 bits per heavy atom. The number of nitriles is 1. The molecule has 1 saturated heterocycles. The first kappa shape index (κ1) is 22.8. The van der Waals surface area contributed by atoms with Gasteiger partial charge < -0.3 is 15.1 Å². The van der Waals surface area contributed by atoms with E-state index in [0.717, 1.165) is 28.6 Å². The number of para-hydroxylation sites is 1. The third-order valence-corrected chi connectivity index (χ3v) is 6.59. The standard InChI is InChI=1S/C26H23ClN4OS/c27-21-7-6-8-22(17-21)31-15-13-30(14-16-31)19-20(18-28)26(32)29-24-11-4-5-12-25(24)33-23-9-2-1-3-10-23/h1-12,17,19H,13-16H2,(H,29,32)/b20-19-. The highest BCUT2D eigenvalue weighted by molar-refractivity contribution is 7.99. The van der Waals surface area contributed by atoms with Crippen LogP contribution in [0.25, 0.3) is 0 Å². The SMILES string of the molecule is N#C/C(=C/N1CCN(c2cccc(Cl)c2)CC1)C(=O)Nc1ccccc1Sc1ccccc1. The van der Waals surface area contributed by atoms with Crippen LogP contribution in [0.1, 0.15) is 0 Å². The van der Waals surface area contributed by atoms with E-state index < -0.39 is 5.91 Å². The highest BCUT2D eigenvalue weighted by Gasteiger charge is 2.18. The van der Waals surface area contributed by atoms with E-state index in [9.17, 15) is 10.1 Å². The second kappa shape index (κ2) is 11.0. The van der Waals surface area contributed by atoms with Gasteiger partial charge in [-0.05, 0) is 42.5 Å². The van der Waals surface area contributed by atoms with Crippen molar-refractivity contribution in [3.8, 4) is 6.07 Å². The molecule has 1 heterocycles. The van der Waals surface area contributed by atoms with Gasteiger partial charge in [0, 0.05) is 52.9 Å². The van der Waals surface area contributed by atoms with Crippen molar-refractivity contribution in [1.29, 1.82) is 5.26 Å². The summed E-state index contributed by atoms with van der Waals surface area (Å²) in [5, 5.41) is 13.3. The summed E-state index contributed by atoms with van der Waals surface area (Å²) in [5.41, 5.74) is 1.85. The lowest BCUT2D eigenvalue weighted by Gasteiger charge is -2.35. The Morgan fingerprint density at radius 3 is 2.42 bits per heavy atom. The molecule has 0 spiro atoms. The van der Waals surface area contributed by atoms with Gasteiger partial charge >= 0.3 is 0 Å². The summed E-state index contributed by atoms with van der Waals surface area (Å²) in [6.07, 6.45) is 1.66. The van der Waals surface area contributed by atoms with Crippen LogP contribution in [0, 0.1) is 11.3 Å². The van der Waals surface area contributed by atoms with Crippen molar-refractivity contribution in [3.63, 3.8) is 0 Å². The van der Waals surface area contributed by atoms with Crippen LogP contribution >= 0.6 is 23.4 Å². The van der Waals surface area contributed by atoms with Crippen LogP contribution < -0.4 is 10.2 Å². The van der Waals surface area contributed by atoms with Crippen molar-refractivity contribution in [3.05, 3.63) is 95.7 Å². The molecule has 0 aromatic heterocycles. The summed E-state index contributed by atoms with van der Waals surface area (Å²) < 4.78 is 0. The van der Waals surface area contributed by atoms with E-state index >= 15 is 0 Å². The fourth-order valence-electron chi connectivity index (χ4n) is 3.57. The molecule has 1 aliphatic heterocycles. The van der Waals surface area contributed by atoms with Crippen molar-refractivity contribution in [2.24, 2.45) is 0 Å². The third-order valence-electron chi connectivity index (χ3n) is 5.27. The Morgan fingerprint density at radius 2 is 1.70 bits per heavy atom. The van der Waals surface area contributed by atoms with Crippen molar-refractivity contribution in [1.82, 2.24) is 4.90 Å². The molecular weight excluding hydrogens is 452 g/mol. The van der Waals surface area contributed by atoms with Crippen LogP contribution in [-0.2, 0) is 4.79 Å². The molecule has 1 N–H and O–H groups in total. The maximum absolute atomic E-state index is 12.9. The Balaban J connectivity index is 1.41. The van der Waals surface area contributed by atoms with Gasteiger partial charge in [0.05, 0.1) is 5.69 Å². The zero-order chi connectivity index (χ0) is 23.0. The first-order valence-electron chi connectivity index (χ1n) is 10.6. The number of nitrogens with one attached hydrogen (secondary N) is 1. The average molecular weight is 475 g/mol. The predicted octanol–water partition coefficient (Wildman–Crippen LogP) is 5.66. The number of anilines is 2. The first-order valence-corrected chi connectivity index (χ1v) is 11.8. The minimum atomic E-state index is -0.407. The minimum Gasteiger partial charge on any atom is -0.373 e. The van der Waals surface area contributed by atoms with Gasteiger partial charge in [0.15, 0.2) is 0 Å². The normalized spacial score (nSPS) is 14.0. The molecule has 33 heavy (non-hydrogen) atoms. The van der Waals surface area contributed by atoms with Crippen LogP contribution in [0.3, 0.4) is 0 Å². The number of piperazine rings is 1. The summed E-state index contributed by atoms with van der Waals surface area (Å²) >= 11 is 7.68. The van der Waals surface area contributed by atoms with Gasteiger partial charge in [-0.3, -0.25) is 4.79 Å². The minimum absolute atomic E-state index is 0.0886. The largest absolute Gasteiger partial charge is 0.373 e. The second-order valence-corrected chi connectivity index (χ2v) is 9.07. The zero-order valence-electron chi connectivity index (χ0n) is 17.9. The van der Waals surface area contributed by atoms with Crippen LogP contribution in [0.4, 0.5) is 11.4 Å². The molecule has 1 aliphatic rings. The third kappa shape index (κ3) is 6.10. The van der Waals surface area contributed by atoms with Crippen molar-refractivity contribution < 1.29 is 4.79 Å². The molecule has 0 bridgehead atoms. The monoisotopic (exact) mass is 474 g/mol. The number of hydrogen-bond donors (Lipinski definition) is 1. The van der Waals surface area contributed by atoms with Crippen molar-refractivity contribution >= 4 is 40.6 Å². The molecule has 0 saturated carbocycles. The number of carbonyl (C=O) groups excluding carboxylic acids is 1. The summed E-state index contributed by atoms with van der Waals surface area (Å²) in [6.45, 7) is 3.00. The maximum atomic E-state index is 12.9. The van der Waals surface area contributed by atoms with E-state index in [-0.39, 0.29) is 5.57 Å². The maximum Gasteiger partial charge on any atom is 0.267 e. The number of nitrogens with zero attached hydrogens (tertiary/aromatic N) is 3. The lowest BCUT2D eigenvalue weighted by atomic mass is 10.2. The van der Waals surface area contributed by atoms with E-state index in [2.05, 4.69) is 16.3 Å². The molecule has 0 radical (unpaired) electrons. The average Bonchev–Trinajstić information content (AvgIpc) is 2.85. The Kier molecular flexibility index (Phi) is 7.56. The summed E-state index contributed by atoms with van der Waals surface area (Å²) in [7, 11) is 0. The number of halogens is 1. The number of hydrogen-bond acceptors (Lipinski definition) is 5. The highest BCUT2D eigenvalue weighted by atomic mass is 35.5.